The Morgan fingerprint density at radius 2 is 1.87 bits per heavy atom. The van der Waals surface area contributed by atoms with Crippen molar-refractivity contribution in [2.75, 3.05) is 39.3 Å². The number of carbonyl (C=O) groups is 1. The maximum atomic E-state index is 12.4. The van der Waals surface area contributed by atoms with Gasteiger partial charge in [-0.2, -0.15) is 0 Å². The average molecular weight is 440 g/mol. The van der Waals surface area contributed by atoms with Crippen molar-refractivity contribution in [3.63, 3.8) is 0 Å². The number of imidazole rings is 1. The Balaban J connectivity index is 1.14. The minimum atomic E-state index is -0.157. The number of piperazine rings is 1. The third-order valence-electron chi connectivity index (χ3n) is 5.43. The second kappa shape index (κ2) is 10.7. The quantitative estimate of drug-likeness (QED) is 0.517. The molecule has 31 heavy (non-hydrogen) atoms. The van der Waals surface area contributed by atoms with Gasteiger partial charge in [-0.25, -0.2) is 4.98 Å². The summed E-state index contributed by atoms with van der Waals surface area (Å²) >= 11 is 1.58. The van der Waals surface area contributed by atoms with E-state index in [9.17, 15) is 4.79 Å². The lowest BCUT2D eigenvalue weighted by molar-refractivity contribution is 0.0906. The van der Waals surface area contributed by atoms with E-state index in [-0.39, 0.29) is 5.91 Å². The van der Waals surface area contributed by atoms with Gasteiger partial charge in [0, 0.05) is 65.3 Å². The molecule has 0 spiro atoms. The van der Waals surface area contributed by atoms with Crippen molar-refractivity contribution in [2.45, 2.75) is 17.5 Å². The molecule has 0 aliphatic carbocycles. The van der Waals surface area contributed by atoms with Crippen LogP contribution in [0, 0.1) is 0 Å². The van der Waals surface area contributed by atoms with E-state index in [0.29, 0.717) is 18.1 Å². The summed E-state index contributed by atoms with van der Waals surface area (Å²) in [4.78, 5) is 21.6. The molecule has 3 heterocycles. The van der Waals surface area contributed by atoms with Crippen molar-refractivity contribution in [3.05, 3.63) is 71.9 Å². The fourth-order valence-corrected chi connectivity index (χ4v) is 4.46. The molecule has 1 N–H and O–H groups in total. The van der Waals surface area contributed by atoms with Crippen molar-refractivity contribution in [1.29, 1.82) is 0 Å². The smallest absolute Gasteiger partial charge is 0.287 e. The van der Waals surface area contributed by atoms with Crippen molar-refractivity contribution in [2.24, 2.45) is 7.05 Å². The summed E-state index contributed by atoms with van der Waals surface area (Å²) in [6.45, 7) is 6.64. The van der Waals surface area contributed by atoms with Crippen LogP contribution in [0.15, 0.2) is 64.4 Å². The van der Waals surface area contributed by atoms with Crippen LogP contribution in [0.4, 0.5) is 0 Å². The summed E-state index contributed by atoms with van der Waals surface area (Å²) in [6.07, 6.45) is 3.68. The highest BCUT2D eigenvalue weighted by Crippen LogP contribution is 2.21. The zero-order valence-electron chi connectivity index (χ0n) is 17.9. The molecule has 1 aliphatic heterocycles. The second-order valence-electron chi connectivity index (χ2n) is 7.73. The van der Waals surface area contributed by atoms with E-state index in [2.05, 4.69) is 50.4 Å². The molecule has 4 rings (SSSR count). The number of hydrogen-bond donors (Lipinski definition) is 1. The molecule has 1 saturated heterocycles. The molecule has 0 bridgehead atoms. The summed E-state index contributed by atoms with van der Waals surface area (Å²) in [5, 5.41) is 3.90. The first-order valence-electron chi connectivity index (χ1n) is 10.6. The van der Waals surface area contributed by atoms with Gasteiger partial charge in [0.1, 0.15) is 5.76 Å². The van der Waals surface area contributed by atoms with Gasteiger partial charge < -0.3 is 14.3 Å². The predicted molar refractivity (Wildman–Crippen MR) is 122 cm³/mol. The molecule has 2 aromatic heterocycles. The third-order valence-corrected chi connectivity index (χ3v) is 6.51. The number of benzene rings is 1. The highest BCUT2D eigenvalue weighted by molar-refractivity contribution is 7.98. The first-order valence-corrected chi connectivity index (χ1v) is 11.6. The Morgan fingerprint density at radius 1 is 1.10 bits per heavy atom. The normalized spacial score (nSPS) is 15.3. The number of nitrogens with zero attached hydrogens (tertiary/aromatic N) is 4. The molecule has 0 unspecified atom stereocenters. The van der Waals surface area contributed by atoms with E-state index in [4.69, 9.17) is 4.42 Å². The standard InChI is InChI=1S/C23H29N5O2S/c1-26-11-9-25-23(26)31-18-20-7-8-21(30-20)22(29)24-10-12-27-13-15-28(16-14-27)17-19-5-3-2-4-6-19/h2-9,11H,10,12-18H2,1H3,(H,24,29). The van der Waals surface area contributed by atoms with Crippen molar-refractivity contribution < 1.29 is 9.21 Å². The Bertz CT molecular complexity index is 963. The van der Waals surface area contributed by atoms with E-state index in [1.165, 1.54) is 5.56 Å². The Labute approximate surface area is 187 Å². The number of thioether (sulfide) groups is 1. The predicted octanol–water partition coefficient (Wildman–Crippen LogP) is 2.85. The number of nitrogens with one attached hydrogen (secondary N) is 1. The molecule has 0 radical (unpaired) electrons. The molecule has 0 saturated carbocycles. The number of rotatable bonds is 9. The van der Waals surface area contributed by atoms with Gasteiger partial charge in [0.25, 0.3) is 5.91 Å². The molecule has 0 atom stereocenters. The van der Waals surface area contributed by atoms with Gasteiger partial charge in [0.2, 0.25) is 0 Å². The highest BCUT2D eigenvalue weighted by atomic mass is 32.2. The fraction of sp³-hybridized carbons (Fsp3) is 0.391. The van der Waals surface area contributed by atoms with E-state index in [1.54, 1.807) is 24.0 Å². The number of carbonyl (C=O) groups excluding carboxylic acids is 1. The lowest BCUT2D eigenvalue weighted by atomic mass is 10.2. The van der Waals surface area contributed by atoms with Gasteiger partial charge in [-0.1, -0.05) is 42.1 Å². The molecule has 3 aromatic rings. The highest BCUT2D eigenvalue weighted by Gasteiger charge is 2.17. The van der Waals surface area contributed by atoms with E-state index in [1.807, 2.05) is 23.9 Å². The molecule has 164 valence electrons. The summed E-state index contributed by atoms with van der Waals surface area (Å²) in [5.41, 5.74) is 1.36. The minimum absolute atomic E-state index is 0.157. The first-order chi connectivity index (χ1) is 15.2. The number of hydrogen-bond acceptors (Lipinski definition) is 6. The topological polar surface area (TPSA) is 66.5 Å². The molecular formula is C23H29N5O2S. The van der Waals surface area contributed by atoms with Crippen molar-refractivity contribution in [3.8, 4) is 0 Å². The summed E-state index contributed by atoms with van der Waals surface area (Å²) in [5.74, 6) is 1.62. The molecular weight excluding hydrogens is 410 g/mol. The van der Waals surface area contributed by atoms with E-state index in [0.717, 1.165) is 50.2 Å². The maximum absolute atomic E-state index is 12.4. The van der Waals surface area contributed by atoms with Gasteiger partial charge in [-0.3, -0.25) is 14.6 Å². The molecule has 7 nitrogen and oxygen atoms in total. The van der Waals surface area contributed by atoms with Gasteiger partial charge in [0.15, 0.2) is 10.9 Å². The number of furan rings is 1. The Hall–Kier alpha value is -2.55. The van der Waals surface area contributed by atoms with Crippen molar-refractivity contribution >= 4 is 17.7 Å². The second-order valence-corrected chi connectivity index (χ2v) is 8.68. The van der Waals surface area contributed by atoms with Gasteiger partial charge in [-0.15, -0.1) is 0 Å². The largest absolute Gasteiger partial charge is 0.455 e. The maximum Gasteiger partial charge on any atom is 0.287 e. The van der Waals surface area contributed by atoms with Crippen LogP contribution in [0.25, 0.3) is 0 Å². The Morgan fingerprint density at radius 3 is 2.61 bits per heavy atom. The molecule has 1 aromatic carbocycles. The van der Waals surface area contributed by atoms with Crippen LogP contribution in [0.5, 0.6) is 0 Å². The Kier molecular flexibility index (Phi) is 7.45. The monoisotopic (exact) mass is 439 g/mol. The van der Waals surface area contributed by atoms with Crippen LogP contribution >= 0.6 is 11.8 Å². The first kappa shape index (κ1) is 21.7. The van der Waals surface area contributed by atoms with Gasteiger partial charge >= 0.3 is 0 Å². The molecule has 1 amide bonds. The minimum Gasteiger partial charge on any atom is -0.455 e. The fourth-order valence-electron chi connectivity index (χ4n) is 3.63. The third kappa shape index (κ3) is 6.22. The van der Waals surface area contributed by atoms with Crippen molar-refractivity contribution in [1.82, 2.24) is 24.7 Å². The van der Waals surface area contributed by atoms with Crippen LogP contribution in [0.2, 0.25) is 0 Å². The molecule has 1 aliphatic rings. The van der Waals surface area contributed by atoms with Crippen LogP contribution < -0.4 is 5.32 Å². The van der Waals surface area contributed by atoms with Gasteiger partial charge in [0.05, 0.1) is 5.75 Å². The van der Waals surface area contributed by atoms with Crippen LogP contribution in [0.3, 0.4) is 0 Å². The molecule has 1 fully saturated rings. The SMILES string of the molecule is Cn1ccnc1SCc1ccc(C(=O)NCCN2CCN(Cc3ccccc3)CC2)o1. The average Bonchev–Trinajstić information content (AvgIpc) is 3.43. The lowest BCUT2D eigenvalue weighted by Gasteiger charge is -2.34. The number of amides is 1. The zero-order valence-corrected chi connectivity index (χ0v) is 18.7. The van der Waals surface area contributed by atoms with Gasteiger partial charge in [-0.05, 0) is 17.7 Å². The lowest BCUT2D eigenvalue weighted by Crippen LogP contribution is -2.48. The van der Waals surface area contributed by atoms with E-state index >= 15 is 0 Å². The summed E-state index contributed by atoms with van der Waals surface area (Å²) < 4.78 is 7.67. The van der Waals surface area contributed by atoms with Crippen LogP contribution in [-0.2, 0) is 19.3 Å². The van der Waals surface area contributed by atoms with Crippen LogP contribution in [0.1, 0.15) is 21.9 Å². The molecule has 8 heteroatoms. The van der Waals surface area contributed by atoms with Crippen LogP contribution in [-0.4, -0.2) is 64.5 Å². The summed E-state index contributed by atoms with van der Waals surface area (Å²) in [7, 11) is 1.96. The zero-order chi connectivity index (χ0) is 21.5. The number of aromatic nitrogens is 2. The number of aryl methyl sites for hydroxylation is 1. The van der Waals surface area contributed by atoms with E-state index < -0.39 is 0 Å². The summed E-state index contributed by atoms with van der Waals surface area (Å²) in [6, 6.07) is 14.2.